The monoisotopic (exact) mass is 220 g/mol. The minimum absolute atomic E-state index is 0.00592. The van der Waals surface area contributed by atoms with E-state index >= 15 is 0 Å². The molecule has 0 saturated carbocycles. The second-order valence-corrected chi connectivity index (χ2v) is 4.04. The summed E-state index contributed by atoms with van der Waals surface area (Å²) in [7, 11) is 0. The molecule has 0 fully saturated rings. The van der Waals surface area contributed by atoms with E-state index in [2.05, 4.69) is 12.2 Å². The number of nitrogens with two attached hydrogens (primary N) is 1. The first-order valence-corrected chi connectivity index (χ1v) is 5.79. The largest absolute Gasteiger partial charge is 0.399 e. The van der Waals surface area contributed by atoms with Crippen LogP contribution in [-0.2, 0) is 0 Å². The van der Waals surface area contributed by atoms with Crippen molar-refractivity contribution in [2.75, 3.05) is 12.3 Å². The predicted octanol–water partition coefficient (Wildman–Crippen LogP) is 2.50. The number of amides is 1. The van der Waals surface area contributed by atoms with Gasteiger partial charge in [-0.25, -0.2) is 0 Å². The van der Waals surface area contributed by atoms with Gasteiger partial charge < -0.3 is 11.1 Å². The first-order chi connectivity index (χ1) is 7.65. The molecule has 3 nitrogen and oxygen atoms in total. The van der Waals surface area contributed by atoms with Crippen molar-refractivity contribution in [2.45, 2.75) is 33.1 Å². The SMILES string of the molecule is CCCCCNC(=O)c1ccc(N)cc1C. The maximum absolute atomic E-state index is 11.8. The maximum Gasteiger partial charge on any atom is 0.251 e. The van der Waals surface area contributed by atoms with Crippen molar-refractivity contribution < 1.29 is 4.79 Å². The molecule has 0 saturated heterocycles. The summed E-state index contributed by atoms with van der Waals surface area (Å²) in [6.07, 6.45) is 3.36. The number of aryl methyl sites for hydroxylation is 1. The Morgan fingerprint density at radius 1 is 1.38 bits per heavy atom. The van der Waals surface area contributed by atoms with Crippen LogP contribution in [0, 0.1) is 6.92 Å². The smallest absolute Gasteiger partial charge is 0.251 e. The summed E-state index contributed by atoms with van der Waals surface area (Å²) in [4.78, 5) is 11.8. The van der Waals surface area contributed by atoms with Gasteiger partial charge >= 0.3 is 0 Å². The number of hydrogen-bond acceptors (Lipinski definition) is 2. The molecular weight excluding hydrogens is 200 g/mol. The molecule has 0 aliphatic heterocycles. The highest BCUT2D eigenvalue weighted by atomic mass is 16.1. The van der Waals surface area contributed by atoms with Crippen molar-refractivity contribution >= 4 is 11.6 Å². The molecule has 1 aromatic carbocycles. The highest BCUT2D eigenvalue weighted by molar-refractivity contribution is 5.95. The second kappa shape index (κ2) is 6.16. The Morgan fingerprint density at radius 3 is 2.75 bits per heavy atom. The van der Waals surface area contributed by atoms with Crippen LogP contribution in [-0.4, -0.2) is 12.5 Å². The van der Waals surface area contributed by atoms with Crippen molar-refractivity contribution in [2.24, 2.45) is 0 Å². The van der Waals surface area contributed by atoms with Crippen LogP contribution >= 0.6 is 0 Å². The van der Waals surface area contributed by atoms with Crippen molar-refractivity contribution in [3.05, 3.63) is 29.3 Å². The number of nitrogens with one attached hydrogen (secondary N) is 1. The molecule has 0 aromatic heterocycles. The van der Waals surface area contributed by atoms with E-state index in [1.54, 1.807) is 12.1 Å². The van der Waals surface area contributed by atoms with Gasteiger partial charge in [-0.1, -0.05) is 19.8 Å². The fourth-order valence-corrected chi connectivity index (χ4v) is 1.61. The molecule has 1 rings (SSSR count). The fourth-order valence-electron chi connectivity index (χ4n) is 1.61. The molecule has 0 aliphatic carbocycles. The normalized spacial score (nSPS) is 10.1. The minimum Gasteiger partial charge on any atom is -0.399 e. The lowest BCUT2D eigenvalue weighted by Gasteiger charge is -2.07. The third-order valence-corrected chi connectivity index (χ3v) is 2.56. The van der Waals surface area contributed by atoms with E-state index in [1.165, 1.54) is 0 Å². The Kier molecular flexibility index (Phi) is 4.83. The standard InChI is InChI=1S/C13H20N2O/c1-3-4-5-8-15-13(16)12-7-6-11(14)9-10(12)2/h6-7,9H,3-5,8,14H2,1-2H3,(H,15,16). The number of hydrogen-bond donors (Lipinski definition) is 2. The van der Waals surface area contributed by atoms with Gasteiger partial charge in [-0.3, -0.25) is 4.79 Å². The summed E-state index contributed by atoms with van der Waals surface area (Å²) in [5, 5.41) is 2.91. The zero-order valence-electron chi connectivity index (χ0n) is 10.0. The first-order valence-electron chi connectivity index (χ1n) is 5.79. The van der Waals surface area contributed by atoms with Crippen LogP contribution in [0.1, 0.15) is 42.1 Å². The summed E-state index contributed by atoms with van der Waals surface area (Å²) in [5.41, 5.74) is 7.97. The van der Waals surface area contributed by atoms with E-state index in [0.717, 1.165) is 31.4 Å². The lowest BCUT2D eigenvalue weighted by Crippen LogP contribution is -2.25. The first kappa shape index (κ1) is 12.6. The van der Waals surface area contributed by atoms with E-state index in [-0.39, 0.29) is 5.91 Å². The minimum atomic E-state index is -0.00592. The number of rotatable bonds is 5. The Labute approximate surface area is 97.0 Å². The zero-order valence-corrected chi connectivity index (χ0v) is 10.0. The fraction of sp³-hybridized carbons (Fsp3) is 0.462. The molecule has 1 amide bonds. The number of carbonyl (C=O) groups excluding carboxylic acids is 1. The third kappa shape index (κ3) is 3.57. The molecule has 0 radical (unpaired) electrons. The van der Waals surface area contributed by atoms with E-state index < -0.39 is 0 Å². The average molecular weight is 220 g/mol. The lowest BCUT2D eigenvalue weighted by molar-refractivity contribution is 0.0952. The van der Waals surface area contributed by atoms with Gasteiger partial charge in [0.1, 0.15) is 0 Å². The third-order valence-electron chi connectivity index (χ3n) is 2.56. The van der Waals surface area contributed by atoms with Crippen molar-refractivity contribution in [3.8, 4) is 0 Å². The quantitative estimate of drug-likeness (QED) is 0.591. The van der Waals surface area contributed by atoms with E-state index in [9.17, 15) is 4.79 Å². The van der Waals surface area contributed by atoms with Crippen LogP contribution in [0.15, 0.2) is 18.2 Å². The highest BCUT2D eigenvalue weighted by Gasteiger charge is 2.07. The molecule has 88 valence electrons. The number of unbranched alkanes of at least 4 members (excludes halogenated alkanes) is 2. The summed E-state index contributed by atoms with van der Waals surface area (Å²) in [5.74, 6) is -0.00592. The number of benzene rings is 1. The van der Waals surface area contributed by atoms with Gasteiger partial charge in [-0.2, -0.15) is 0 Å². The van der Waals surface area contributed by atoms with Gasteiger partial charge in [-0.15, -0.1) is 0 Å². The molecule has 16 heavy (non-hydrogen) atoms. The Balaban J connectivity index is 2.53. The van der Waals surface area contributed by atoms with Crippen LogP contribution in [0.5, 0.6) is 0 Å². The molecule has 0 atom stereocenters. The van der Waals surface area contributed by atoms with Gasteiger partial charge in [-0.05, 0) is 37.1 Å². The van der Waals surface area contributed by atoms with Crippen LogP contribution in [0.3, 0.4) is 0 Å². The highest BCUT2D eigenvalue weighted by Crippen LogP contribution is 2.12. The van der Waals surface area contributed by atoms with Crippen LogP contribution in [0.25, 0.3) is 0 Å². The lowest BCUT2D eigenvalue weighted by atomic mass is 10.1. The summed E-state index contributed by atoms with van der Waals surface area (Å²) < 4.78 is 0. The Morgan fingerprint density at radius 2 is 2.12 bits per heavy atom. The zero-order chi connectivity index (χ0) is 12.0. The number of anilines is 1. The van der Waals surface area contributed by atoms with Gasteiger partial charge in [0.05, 0.1) is 0 Å². The molecular formula is C13H20N2O. The Hall–Kier alpha value is -1.51. The molecule has 1 aromatic rings. The molecule has 0 heterocycles. The topological polar surface area (TPSA) is 55.1 Å². The van der Waals surface area contributed by atoms with E-state index in [4.69, 9.17) is 5.73 Å². The second-order valence-electron chi connectivity index (χ2n) is 4.04. The predicted molar refractivity (Wildman–Crippen MR) is 67.4 cm³/mol. The van der Waals surface area contributed by atoms with Crippen molar-refractivity contribution in [3.63, 3.8) is 0 Å². The molecule has 0 aliphatic rings. The number of carbonyl (C=O) groups is 1. The van der Waals surface area contributed by atoms with Gasteiger partial charge in [0.15, 0.2) is 0 Å². The summed E-state index contributed by atoms with van der Waals surface area (Å²) in [6, 6.07) is 5.36. The van der Waals surface area contributed by atoms with Crippen LogP contribution < -0.4 is 11.1 Å². The van der Waals surface area contributed by atoms with Crippen LogP contribution in [0.4, 0.5) is 5.69 Å². The summed E-state index contributed by atoms with van der Waals surface area (Å²) >= 11 is 0. The van der Waals surface area contributed by atoms with Gasteiger partial charge in [0, 0.05) is 17.8 Å². The van der Waals surface area contributed by atoms with Crippen molar-refractivity contribution in [1.29, 1.82) is 0 Å². The number of nitrogen functional groups attached to an aromatic ring is 1. The van der Waals surface area contributed by atoms with Gasteiger partial charge in [0.25, 0.3) is 5.91 Å². The van der Waals surface area contributed by atoms with Gasteiger partial charge in [0.2, 0.25) is 0 Å². The van der Waals surface area contributed by atoms with Crippen LogP contribution in [0.2, 0.25) is 0 Å². The molecule has 0 unspecified atom stereocenters. The summed E-state index contributed by atoms with van der Waals surface area (Å²) in [6.45, 7) is 4.79. The van der Waals surface area contributed by atoms with E-state index in [0.29, 0.717) is 11.3 Å². The van der Waals surface area contributed by atoms with E-state index in [1.807, 2.05) is 13.0 Å². The molecule has 3 N–H and O–H groups in total. The molecule has 0 spiro atoms. The Bertz CT molecular complexity index is 361. The molecule has 3 heteroatoms. The molecule has 0 bridgehead atoms. The maximum atomic E-state index is 11.8. The van der Waals surface area contributed by atoms with Crippen molar-refractivity contribution in [1.82, 2.24) is 5.32 Å². The average Bonchev–Trinajstić information content (AvgIpc) is 2.24.